The number of carbonyl (C=O) groups is 3. The van der Waals surface area contributed by atoms with Crippen molar-refractivity contribution in [2.45, 2.75) is 19.9 Å². The van der Waals surface area contributed by atoms with Gasteiger partial charge < -0.3 is 15.4 Å². The molecule has 0 bridgehead atoms. The number of benzene rings is 1. The quantitative estimate of drug-likeness (QED) is 0.825. The minimum Gasteiger partial charge on any atom is -0.467 e. The summed E-state index contributed by atoms with van der Waals surface area (Å²) in [7, 11) is 1.27. The number of amides is 3. The van der Waals surface area contributed by atoms with Crippen LogP contribution in [0.1, 0.15) is 13.8 Å². The number of fused-ring (bicyclic) bond motifs is 1. The smallest absolute Gasteiger partial charge is 0.328 e. The van der Waals surface area contributed by atoms with Crippen LogP contribution >= 0.6 is 0 Å². The van der Waals surface area contributed by atoms with Crippen LogP contribution in [0.2, 0.25) is 0 Å². The van der Waals surface area contributed by atoms with Crippen molar-refractivity contribution in [3.63, 3.8) is 0 Å². The second kappa shape index (κ2) is 6.46. The number of hydrogen-bond donors (Lipinski definition) is 2. The first-order valence-corrected chi connectivity index (χ1v) is 6.98. The first-order chi connectivity index (χ1) is 10.4. The SMILES string of the molecule is COC(=O)C(NC(=O)N1CC(=O)Nc2ccccc21)C(C)C. The summed E-state index contributed by atoms with van der Waals surface area (Å²) in [5, 5.41) is 5.33. The van der Waals surface area contributed by atoms with Crippen LogP contribution in [0.4, 0.5) is 16.2 Å². The molecule has 118 valence electrons. The van der Waals surface area contributed by atoms with E-state index in [2.05, 4.69) is 10.6 Å². The van der Waals surface area contributed by atoms with Gasteiger partial charge in [0.15, 0.2) is 0 Å². The van der Waals surface area contributed by atoms with E-state index >= 15 is 0 Å². The maximum Gasteiger partial charge on any atom is 0.328 e. The average molecular weight is 305 g/mol. The van der Waals surface area contributed by atoms with Crippen molar-refractivity contribution in [2.75, 3.05) is 23.9 Å². The summed E-state index contributed by atoms with van der Waals surface area (Å²) in [5.41, 5.74) is 1.15. The number of para-hydroxylation sites is 2. The minimum absolute atomic E-state index is 0.102. The highest BCUT2D eigenvalue weighted by Crippen LogP contribution is 2.28. The summed E-state index contributed by atoms with van der Waals surface area (Å²) in [6, 6.07) is 5.72. The van der Waals surface area contributed by atoms with Gasteiger partial charge in [-0.3, -0.25) is 9.69 Å². The van der Waals surface area contributed by atoms with Crippen molar-refractivity contribution in [1.29, 1.82) is 0 Å². The number of rotatable bonds is 3. The number of hydrogen-bond acceptors (Lipinski definition) is 4. The van der Waals surface area contributed by atoms with E-state index in [0.717, 1.165) is 0 Å². The summed E-state index contributed by atoms with van der Waals surface area (Å²) in [4.78, 5) is 37.3. The van der Waals surface area contributed by atoms with Crippen LogP contribution in [-0.2, 0) is 14.3 Å². The minimum atomic E-state index is -0.769. The predicted octanol–water partition coefficient (Wildman–Crippen LogP) is 1.35. The highest BCUT2D eigenvalue weighted by atomic mass is 16.5. The number of esters is 1. The Hall–Kier alpha value is -2.57. The molecule has 0 aromatic heterocycles. The number of urea groups is 1. The molecule has 0 aliphatic carbocycles. The van der Waals surface area contributed by atoms with Crippen molar-refractivity contribution in [3.8, 4) is 0 Å². The zero-order valence-corrected chi connectivity index (χ0v) is 12.8. The van der Waals surface area contributed by atoms with Gasteiger partial charge in [0.1, 0.15) is 12.6 Å². The van der Waals surface area contributed by atoms with Gasteiger partial charge in [0.05, 0.1) is 18.5 Å². The summed E-state index contributed by atoms with van der Waals surface area (Å²) >= 11 is 0. The molecule has 1 aromatic rings. The van der Waals surface area contributed by atoms with Crippen LogP contribution in [0.15, 0.2) is 24.3 Å². The molecule has 2 N–H and O–H groups in total. The number of methoxy groups -OCH3 is 1. The molecule has 1 aliphatic heterocycles. The van der Waals surface area contributed by atoms with Gasteiger partial charge in [-0.05, 0) is 18.1 Å². The second-order valence-electron chi connectivity index (χ2n) is 5.35. The average Bonchev–Trinajstić information content (AvgIpc) is 2.50. The van der Waals surface area contributed by atoms with Crippen molar-refractivity contribution in [2.24, 2.45) is 5.92 Å². The molecule has 7 heteroatoms. The van der Waals surface area contributed by atoms with E-state index in [0.29, 0.717) is 11.4 Å². The van der Waals surface area contributed by atoms with Gasteiger partial charge in [0.25, 0.3) is 0 Å². The van der Waals surface area contributed by atoms with Gasteiger partial charge in [-0.2, -0.15) is 0 Å². The topological polar surface area (TPSA) is 87.7 Å². The van der Waals surface area contributed by atoms with Gasteiger partial charge in [0, 0.05) is 0 Å². The lowest BCUT2D eigenvalue weighted by molar-refractivity contribution is -0.143. The highest BCUT2D eigenvalue weighted by Gasteiger charge is 2.31. The standard InChI is InChI=1S/C15H19N3O4/c1-9(2)13(14(20)22-3)17-15(21)18-8-12(19)16-10-6-4-5-7-11(10)18/h4-7,9,13H,8H2,1-3H3,(H,16,19)(H,17,21). The summed E-state index contributed by atoms with van der Waals surface area (Å²) in [6.45, 7) is 3.51. The van der Waals surface area contributed by atoms with Gasteiger partial charge >= 0.3 is 12.0 Å². The molecule has 1 heterocycles. The molecule has 0 saturated heterocycles. The Kier molecular flexibility index (Phi) is 4.65. The third-order valence-electron chi connectivity index (χ3n) is 3.42. The summed E-state index contributed by atoms with van der Waals surface area (Å²) < 4.78 is 4.70. The van der Waals surface area contributed by atoms with Crippen molar-refractivity contribution in [1.82, 2.24) is 5.32 Å². The number of nitrogens with zero attached hydrogens (tertiary/aromatic N) is 1. The predicted molar refractivity (Wildman–Crippen MR) is 81.6 cm³/mol. The molecule has 7 nitrogen and oxygen atoms in total. The lowest BCUT2D eigenvalue weighted by Gasteiger charge is -2.31. The Morgan fingerprint density at radius 2 is 2.00 bits per heavy atom. The van der Waals surface area contributed by atoms with Crippen molar-refractivity contribution in [3.05, 3.63) is 24.3 Å². The lowest BCUT2D eigenvalue weighted by Crippen LogP contribution is -2.53. The lowest BCUT2D eigenvalue weighted by atomic mass is 10.1. The van der Waals surface area contributed by atoms with Crippen LogP contribution in [0.5, 0.6) is 0 Å². The van der Waals surface area contributed by atoms with Crippen molar-refractivity contribution < 1.29 is 19.1 Å². The van der Waals surface area contributed by atoms with Crippen LogP contribution in [0, 0.1) is 5.92 Å². The number of nitrogens with one attached hydrogen (secondary N) is 2. The van der Waals surface area contributed by atoms with Crippen LogP contribution in [0.3, 0.4) is 0 Å². The van der Waals surface area contributed by atoms with E-state index in [1.165, 1.54) is 12.0 Å². The summed E-state index contributed by atoms with van der Waals surface area (Å²) in [5.74, 6) is -0.934. The zero-order valence-electron chi connectivity index (χ0n) is 12.8. The Morgan fingerprint density at radius 3 is 2.64 bits per heavy atom. The Balaban J connectivity index is 2.22. The maximum absolute atomic E-state index is 12.5. The molecular formula is C15H19N3O4. The molecule has 1 aromatic carbocycles. The molecule has 0 spiro atoms. The van der Waals surface area contributed by atoms with Crippen LogP contribution in [-0.4, -0.2) is 37.6 Å². The Morgan fingerprint density at radius 1 is 1.32 bits per heavy atom. The first-order valence-electron chi connectivity index (χ1n) is 6.98. The molecular weight excluding hydrogens is 286 g/mol. The van der Waals surface area contributed by atoms with E-state index in [1.807, 2.05) is 0 Å². The van der Waals surface area contributed by atoms with Crippen LogP contribution < -0.4 is 15.5 Å². The third-order valence-corrected chi connectivity index (χ3v) is 3.42. The molecule has 0 fully saturated rings. The normalized spacial score (nSPS) is 14.9. The third kappa shape index (κ3) is 3.19. The molecule has 0 saturated carbocycles. The molecule has 0 radical (unpaired) electrons. The number of carbonyl (C=O) groups excluding carboxylic acids is 3. The fourth-order valence-electron chi connectivity index (χ4n) is 2.25. The summed E-state index contributed by atoms with van der Waals surface area (Å²) in [6.07, 6.45) is 0. The van der Waals surface area contributed by atoms with E-state index in [-0.39, 0.29) is 18.4 Å². The van der Waals surface area contributed by atoms with Gasteiger partial charge in [-0.15, -0.1) is 0 Å². The van der Waals surface area contributed by atoms with Crippen LogP contribution in [0.25, 0.3) is 0 Å². The molecule has 2 rings (SSSR count). The molecule has 1 atom stereocenters. The van der Waals surface area contributed by atoms with Gasteiger partial charge in [0.2, 0.25) is 5.91 Å². The largest absolute Gasteiger partial charge is 0.467 e. The Labute approximate surface area is 128 Å². The fourth-order valence-corrected chi connectivity index (χ4v) is 2.25. The van der Waals surface area contributed by atoms with E-state index in [1.54, 1.807) is 38.1 Å². The molecule has 1 aliphatic rings. The monoisotopic (exact) mass is 305 g/mol. The van der Waals surface area contributed by atoms with E-state index < -0.39 is 18.0 Å². The Bertz CT molecular complexity index is 600. The van der Waals surface area contributed by atoms with Crippen molar-refractivity contribution >= 4 is 29.3 Å². The van der Waals surface area contributed by atoms with Gasteiger partial charge in [-0.25, -0.2) is 9.59 Å². The zero-order chi connectivity index (χ0) is 16.3. The molecule has 3 amide bonds. The highest BCUT2D eigenvalue weighted by molar-refractivity contribution is 6.09. The van der Waals surface area contributed by atoms with E-state index in [4.69, 9.17) is 4.74 Å². The second-order valence-corrected chi connectivity index (χ2v) is 5.35. The molecule has 22 heavy (non-hydrogen) atoms. The maximum atomic E-state index is 12.5. The van der Waals surface area contributed by atoms with Gasteiger partial charge in [-0.1, -0.05) is 26.0 Å². The number of anilines is 2. The molecule has 1 unspecified atom stereocenters. The first kappa shape index (κ1) is 15.8. The fraction of sp³-hybridized carbons (Fsp3) is 0.400. The number of ether oxygens (including phenoxy) is 1. The van der Waals surface area contributed by atoms with E-state index in [9.17, 15) is 14.4 Å².